The largest absolute Gasteiger partial charge is 0.472 e. The van der Waals surface area contributed by atoms with Gasteiger partial charge in [-0.25, -0.2) is 0 Å². The summed E-state index contributed by atoms with van der Waals surface area (Å²) in [5.41, 5.74) is 0. The Morgan fingerprint density at radius 2 is 1.17 bits per heavy atom. The van der Waals surface area contributed by atoms with Crippen molar-refractivity contribution in [3.05, 3.63) is 0 Å². The molecule has 0 aliphatic heterocycles. The molecular weight excluding hydrogens is 94.0 g/mol. The van der Waals surface area contributed by atoms with Crippen LogP contribution in [0.5, 0.6) is 0 Å². The zero-order valence-electron chi connectivity index (χ0n) is 4.96. The average Bonchev–Trinajstić information content (AvgIpc) is 1.41. The molecule has 0 bridgehead atoms. The molecule has 0 spiro atoms. The fraction of sp³-hybridized carbons (Fsp3) is 1.00. The first-order chi connectivity index (χ1) is 2.73. The summed E-state index contributed by atoms with van der Waals surface area (Å²) in [5.74, 6) is 0.833. The second-order valence-electron chi connectivity index (χ2n) is 1.73. The van der Waals surface area contributed by atoms with Crippen molar-refractivity contribution in [2.75, 3.05) is 0 Å². The quantitative estimate of drug-likeness (QED) is 0.406. The molecule has 0 aromatic heterocycles. The Morgan fingerprint density at radius 1 is 1.17 bits per heavy atom. The summed E-state index contributed by atoms with van der Waals surface area (Å²) < 4.78 is 9.64. The van der Waals surface area contributed by atoms with Crippen molar-refractivity contribution in [2.45, 2.75) is 20.8 Å². The molecule has 0 aromatic rings. The molecule has 0 saturated heterocycles. The molecule has 0 aromatic carbocycles. The van der Waals surface area contributed by atoms with Gasteiger partial charge in [-0.15, -0.1) is 0 Å². The van der Waals surface area contributed by atoms with E-state index >= 15 is 0 Å². The molecule has 0 aliphatic rings. The third kappa shape index (κ3) is 250. The monoisotopic (exact) mass is 106 g/mol. The van der Waals surface area contributed by atoms with Crippen LogP contribution in [0.2, 0.25) is 0 Å². The van der Waals surface area contributed by atoms with Crippen LogP contribution in [0.4, 0.5) is 3.52 Å². The highest BCUT2D eigenvalue weighted by Crippen LogP contribution is 1.81. The summed E-state index contributed by atoms with van der Waals surface area (Å²) in [7, 11) is 0. The lowest BCUT2D eigenvalue weighted by Gasteiger charge is -1.79. The van der Waals surface area contributed by atoms with Gasteiger partial charge in [-0.3, -0.25) is 0 Å². The van der Waals surface area contributed by atoms with Crippen LogP contribution in [0.1, 0.15) is 20.8 Å². The minimum absolute atomic E-state index is 0.194. The fourth-order valence-electron chi connectivity index (χ4n) is 0. The number of hydrogen-bond donors (Lipinski definition) is 0. The fourth-order valence-corrected chi connectivity index (χ4v) is 0. The van der Waals surface area contributed by atoms with Gasteiger partial charge in [0.2, 0.25) is 0 Å². The van der Waals surface area contributed by atoms with Gasteiger partial charge in [0.05, 0.1) is 0 Å². The molecular formula is C4H12AlF. The molecule has 6 heavy (non-hydrogen) atoms. The standard InChI is InChI=1S/C4H10.Al.FH.2H/c1-4(2)3;;;;/h4H,1-3H3;;1H;;/q;+1;;;/p-1. The third-order valence-corrected chi connectivity index (χ3v) is 0. The number of hydrogen-bond acceptors (Lipinski definition) is 0. The van der Waals surface area contributed by atoms with E-state index in [1.165, 1.54) is 0 Å². The van der Waals surface area contributed by atoms with E-state index in [0.29, 0.717) is 0 Å². The highest BCUT2D eigenvalue weighted by atomic mass is 27.1. The highest BCUT2D eigenvalue weighted by Gasteiger charge is 1.68. The van der Waals surface area contributed by atoms with Crippen LogP contribution < -0.4 is 0 Å². The molecule has 0 unspecified atom stereocenters. The van der Waals surface area contributed by atoms with Crippen molar-refractivity contribution in [3.63, 3.8) is 0 Å². The van der Waals surface area contributed by atoms with E-state index in [4.69, 9.17) is 0 Å². The van der Waals surface area contributed by atoms with Gasteiger partial charge in [0, 0.05) is 0 Å². The zero-order chi connectivity index (χ0) is 5.58. The topological polar surface area (TPSA) is 0 Å². The highest BCUT2D eigenvalue weighted by molar-refractivity contribution is 5.96. The molecule has 0 saturated carbocycles. The minimum atomic E-state index is -0.194. The van der Waals surface area contributed by atoms with Crippen molar-refractivity contribution < 1.29 is 3.52 Å². The summed E-state index contributed by atoms with van der Waals surface area (Å²) in [6, 6.07) is 0. The molecule has 0 radical (unpaired) electrons. The molecule has 0 rings (SSSR count). The first kappa shape index (κ1) is 9.68. The van der Waals surface area contributed by atoms with Crippen LogP contribution in [-0.2, 0) is 0 Å². The van der Waals surface area contributed by atoms with Crippen molar-refractivity contribution in [2.24, 2.45) is 5.92 Å². The normalized spacial score (nSPS) is 6.83. The lowest BCUT2D eigenvalue weighted by molar-refractivity contribution is 0.737. The van der Waals surface area contributed by atoms with Crippen LogP contribution in [-0.4, -0.2) is 16.7 Å². The van der Waals surface area contributed by atoms with Gasteiger partial charge in [-0.2, -0.15) is 0 Å². The number of halogens is 1. The lowest BCUT2D eigenvalue weighted by Crippen LogP contribution is -1.66. The van der Waals surface area contributed by atoms with E-state index in [1.807, 2.05) is 0 Å². The van der Waals surface area contributed by atoms with Crippen molar-refractivity contribution in [1.29, 1.82) is 0 Å². The van der Waals surface area contributed by atoms with Crippen LogP contribution in [0, 0.1) is 5.92 Å². The average molecular weight is 106 g/mol. The van der Waals surface area contributed by atoms with Crippen LogP contribution in [0.15, 0.2) is 0 Å². The van der Waals surface area contributed by atoms with Gasteiger partial charge in [-0.05, 0) is 5.92 Å². The maximum absolute atomic E-state index is 9.64. The zero-order valence-corrected chi connectivity index (χ0v) is 6.96. The van der Waals surface area contributed by atoms with Gasteiger partial charge in [0.25, 0.3) is 0 Å². The summed E-state index contributed by atoms with van der Waals surface area (Å²) >= 11 is -0.194. The van der Waals surface area contributed by atoms with E-state index < -0.39 is 0 Å². The van der Waals surface area contributed by atoms with Gasteiger partial charge < -0.3 is 3.52 Å². The Morgan fingerprint density at radius 3 is 1.17 bits per heavy atom. The van der Waals surface area contributed by atoms with Gasteiger partial charge >= 0.3 is 16.7 Å². The first-order valence-electron chi connectivity index (χ1n) is 2.11. The van der Waals surface area contributed by atoms with Crippen molar-refractivity contribution in [1.82, 2.24) is 0 Å². The van der Waals surface area contributed by atoms with Gasteiger partial charge in [0.15, 0.2) is 0 Å². The van der Waals surface area contributed by atoms with Crippen molar-refractivity contribution in [3.8, 4) is 0 Å². The van der Waals surface area contributed by atoms with Gasteiger partial charge in [-0.1, -0.05) is 20.8 Å². The molecule has 0 fully saturated rings. The maximum atomic E-state index is 9.64. The summed E-state index contributed by atoms with van der Waals surface area (Å²) in [4.78, 5) is 0. The molecule has 0 atom stereocenters. The smallest absolute Gasteiger partial charge is 0.430 e. The molecule has 0 heterocycles. The second kappa shape index (κ2) is 9.07. The van der Waals surface area contributed by atoms with Gasteiger partial charge in [0.1, 0.15) is 0 Å². The Bertz CT molecular complexity index is 12.3. The minimum Gasteiger partial charge on any atom is -0.430 e. The summed E-state index contributed by atoms with van der Waals surface area (Å²) in [6.07, 6.45) is 0. The van der Waals surface area contributed by atoms with E-state index in [1.54, 1.807) is 0 Å². The second-order valence-corrected chi connectivity index (χ2v) is 1.73. The molecule has 0 nitrogen and oxygen atoms in total. The third-order valence-electron chi connectivity index (χ3n) is 0. The Hall–Kier alpha value is 0.462. The first-order valence-corrected chi connectivity index (χ1v) is 2.87. The lowest BCUT2D eigenvalue weighted by atomic mass is 10.3. The van der Waals surface area contributed by atoms with Crippen LogP contribution in [0.3, 0.4) is 0 Å². The maximum Gasteiger partial charge on any atom is 0.472 e. The molecule has 0 N–H and O–H groups in total. The van der Waals surface area contributed by atoms with Crippen LogP contribution in [0.25, 0.3) is 0 Å². The van der Waals surface area contributed by atoms with E-state index in [-0.39, 0.29) is 16.7 Å². The number of rotatable bonds is 0. The van der Waals surface area contributed by atoms with Crippen LogP contribution >= 0.6 is 0 Å². The molecule has 0 amide bonds. The van der Waals surface area contributed by atoms with E-state index in [9.17, 15) is 3.52 Å². The summed E-state index contributed by atoms with van der Waals surface area (Å²) in [5, 5.41) is 0. The summed E-state index contributed by atoms with van der Waals surface area (Å²) in [6.45, 7) is 6.50. The molecule has 38 valence electrons. The Labute approximate surface area is 47.6 Å². The Kier molecular flexibility index (Phi) is 14.6. The van der Waals surface area contributed by atoms with E-state index in [0.717, 1.165) is 5.92 Å². The Balaban J connectivity index is 0. The molecule has 0 aliphatic carbocycles. The predicted molar refractivity (Wildman–Crippen MR) is 30.2 cm³/mol. The molecule has 2 heteroatoms. The van der Waals surface area contributed by atoms with Crippen molar-refractivity contribution >= 4 is 16.7 Å². The predicted octanol–water partition coefficient (Wildman–Crippen LogP) is 1.17. The SMILES string of the molecule is CC(C)C.[F][AlH2]. The van der Waals surface area contributed by atoms with E-state index in [2.05, 4.69) is 20.8 Å².